The summed E-state index contributed by atoms with van der Waals surface area (Å²) in [4.78, 5) is 3.14. The van der Waals surface area contributed by atoms with Gasteiger partial charge in [0.05, 0.1) is 0 Å². The molecule has 0 aliphatic heterocycles. The van der Waals surface area contributed by atoms with Crippen molar-refractivity contribution in [2.45, 2.75) is 25.6 Å². The third-order valence-electron chi connectivity index (χ3n) is 1.22. The molecule has 0 radical (unpaired) electrons. The van der Waals surface area contributed by atoms with E-state index in [1.807, 2.05) is 0 Å². The largest absolute Gasteiger partial charge is 0.455 e. The summed E-state index contributed by atoms with van der Waals surface area (Å²) in [6.07, 6.45) is -4.41. The Morgan fingerprint density at radius 2 is 2.15 bits per heavy atom. The van der Waals surface area contributed by atoms with Gasteiger partial charge in [0.25, 0.3) is 5.82 Å². The second-order valence-electron chi connectivity index (χ2n) is 2.69. The van der Waals surface area contributed by atoms with Gasteiger partial charge in [-0.15, -0.1) is 0 Å². The molecule has 1 heterocycles. The van der Waals surface area contributed by atoms with Crippen LogP contribution in [0.5, 0.6) is 0 Å². The SMILES string of the molecule is CC(N)Cc1nc(C(F)(F)F)no1. The topological polar surface area (TPSA) is 64.9 Å². The molecule has 0 aliphatic carbocycles. The van der Waals surface area contributed by atoms with Crippen LogP contribution in [0.2, 0.25) is 0 Å². The molecular formula is C6H8F3N3O. The highest BCUT2D eigenvalue weighted by molar-refractivity contribution is 4.91. The van der Waals surface area contributed by atoms with Crippen molar-refractivity contribution in [2.75, 3.05) is 0 Å². The van der Waals surface area contributed by atoms with Crippen LogP contribution in [0, 0.1) is 0 Å². The standard InChI is InChI=1S/C6H8F3N3O/c1-3(10)2-4-11-5(12-13-4)6(7,8)9/h3H,2,10H2,1H3. The molecule has 0 aliphatic rings. The molecule has 1 unspecified atom stereocenters. The van der Waals surface area contributed by atoms with Gasteiger partial charge in [-0.25, -0.2) is 0 Å². The Kier molecular flexibility index (Phi) is 2.55. The number of aromatic nitrogens is 2. The van der Waals surface area contributed by atoms with Crippen LogP contribution in [0.25, 0.3) is 0 Å². The van der Waals surface area contributed by atoms with Crippen LogP contribution in [-0.4, -0.2) is 16.2 Å². The Labute approximate surface area is 71.9 Å². The predicted molar refractivity (Wildman–Crippen MR) is 36.7 cm³/mol. The number of halogens is 3. The van der Waals surface area contributed by atoms with E-state index in [0.29, 0.717) is 0 Å². The van der Waals surface area contributed by atoms with Crippen molar-refractivity contribution in [3.8, 4) is 0 Å². The van der Waals surface area contributed by atoms with E-state index < -0.39 is 12.0 Å². The van der Waals surface area contributed by atoms with E-state index in [1.54, 1.807) is 6.92 Å². The third-order valence-corrected chi connectivity index (χ3v) is 1.22. The van der Waals surface area contributed by atoms with Crippen molar-refractivity contribution < 1.29 is 17.7 Å². The summed E-state index contributed by atoms with van der Waals surface area (Å²) < 4.78 is 40.1. The summed E-state index contributed by atoms with van der Waals surface area (Å²) >= 11 is 0. The third kappa shape index (κ3) is 2.69. The molecule has 1 aromatic rings. The van der Waals surface area contributed by atoms with Gasteiger partial charge in [-0.05, 0) is 6.92 Å². The van der Waals surface area contributed by atoms with Gasteiger partial charge in [0.1, 0.15) is 0 Å². The van der Waals surface area contributed by atoms with Crippen molar-refractivity contribution in [3.05, 3.63) is 11.7 Å². The predicted octanol–water partition coefficient (Wildman–Crippen LogP) is 0.978. The summed E-state index contributed by atoms with van der Waals surface area (Å²) in [6, 6.07) is -0.304. The minimum Gasteiger partial charge on any atom is -0.339 e. The first-order valence-corrected chi connectivity index (χ1v) is 3.55. The molecule has 1 aromatic heterocycles. The molecule has 2 N–H and O–H groups in total. The number of hydrogen-bond acceptors (Lipinski definition) is 4. The van der Waals surface area contributed by atoms with Crippen molar-refractivity contribution in [1.82, 2.24) is 10.1 Å². The quantitative estimate of drug-likeness (QED) is 0.763. The lowest BCUT2D eigenvalue weighted by Gasteiger charge is -1.98. The molecule has 0 bridgehead atoms. The molecule has 7 heteroatoms. The lowest BCUT2D eigenvalue weighted by Crippen LogP contribution is -2.18. The van der Waals surface area contributed by atoms with E-state index in [0.717, 1.165) is 0 Å². The first-order valence-electron chi connectivity index (χ1n) is 3.55. The van der Waals surface area contributed by atoms with Crippen molar-refractivity contribution in [2.24, 2.45) is 5.73 Å². The summed E-state index contributed by atoms with van der Waals surface area (Å²) in [5.41, 5.74) is 5.33. The highest BCUT2D eigenvalue weighted by atomic mass is 19.4. The smallest absolute Gasteiger partial charge is 0.339 e. The lowest BCUT2D eigenvalue weighted by molar-refractivity contribution is -0.146. The van der Waals surface area contributed by atoms with Crippen molar-refractivity contribution >= 4 is 0 Å². The van der Waals surface area contributed by atoms with Crippen LogP contribution in [0.15, 0.2) is 4.52 Å². The average Bonchev–Trinajstić information content (AvgIpc) is 2.32. The fraction of sp³-hybridized carbons (Fsp3) is 0.667. The lowest BCUT2D eigenvalue weighted by atomic mass is 10.2. The summed E-state index contributed by atoms with van der Waals surface area (Å²) in [7, 11) is 0. The minimum absolute atomic E-state index is 0.0951. The van der Waals surface area contributed by atoms with E-state index in [2.05, 4.69) is 14.7 Å². The molecule has 74 valence electrons. The number of alkyl halides is 3. The zero-order chi connectivity index (χ0) is 10.1. The van der Waals surface area contributed by atoms with Gasteiger partial charge in [-0.2, -0.15) is 18.2 Å². The molecule has 0 saturated carbocycles. The maximum absolute atomic E-state index is 11.9. The number of nitrogens with zero attached hydrogens (tertiary/aromatic N) is 2. The molecule has 0 aromatic carbocycles. The molecule has 0 spiro atoms. The fourth-order valence-corrected chi connectivity index (χ4v) is 0.728. The fourth-order valence-electron chi connectivity index (χ4n) is 0.728. The van der Waals surface area contributed by atoms with Gasteiger partial charge >= 0.3 is 6.18 Å². The van der Waals surface area contributed by atoms with Gasteiger partial charge < -0.3 is 10.3 Å². The van der Waals surface area contributed by atoms with Gasteiger partial charge in [0.2, 0.25) is 5.89 Å². The summed E-state index contributed by atoms with van der Waals surface area (Å²) in [5, 5.41) is 2.77. The van der Waals surface area contributed by atoms with Crippen LogP contribution in [0.1, 0.15) is 18.6 Å². The first kappa shape index (κ1) is 9.97. The van der Waals surface area contributed by atoms with Gasteiger partial charge in [0.15, 0.2) is 0 Å². The Hall–Kier alpha value is -1.11. The van der Waals surface area contributed by atoms with Crippen molar-refractivity contribution in [3.63, 3.8) is 0 Å². The van der Waals surface area contributed by atoms with Gasteiger partial charge in [-0.1, -0.05) is 5.16 Å². The van der Waals surface area contributed by atoms with E-state index >= 15 is 0 Å². The van der Waals surface area contributed by atoms with E-state index in [4.69, 9.17) is 5.73 Å². The van der Waals surface area contributed by atoms with E-state index in [1.165, 1.54) is 0 Å². The van der Waals surface area contributed by atoms with E-state index in [-0.39, 0.29) is 18.4 Å². The van der Waals surface area contributed by atoms with Crippen LogP contribution >= 0.6 is 0 Å². The Bertz CT molecular complexity index is 281. The van der Waals surface area contributed by atoms with E-state index in [9.17, 15) is 13.2 Å². The molecule has 4 nitrogen and oxygen atoms in total. The normalized spacial score (nSPS) is 14.5. The summed E-state index contributed by atoms with van der Waals surface area (Å²) in [6.45, 7) is 1.64. The maximum Gasteiger partial charge on any atom is 0.455 e. The molecule has 13 heavy (non-hydrogen) atoms. The molecule has 0 saturated heterocycles. The number of rotatable bonds is 2. The number of hydrogen-bond donors (Lipinski definition) is 1. The van der Waals surface area contributed by atoms with Gasteiger partial charge in [-0.3, -0.25) is 0 Å². The van der Waals surface area contributed by atoms with Crippen LogP contribution in [0.3, 0.4) is 0 Å². The molecule has 0 amide bonds. The highest BCUT2D eigenvalue weighted by Crippen LogP contribution is 2.26. The van der Waals surface area contributed by atoms with Crippen LogP contribution in [-0.2, 0) is 12.6 Å². The number of nitrogens with two attached hydrogens (primary N) is 1. The average molecular weight is 195 g/mol. The van der Waals surface area contributed by atoms with Crippen LogP contribution < -0.4 is 5.73 Å². The van der Waals surface area contributed by atoms with Crippen LogP contribution in [0.4, 0.5) is 13.2 Å². The zero-order valence-corrected chi connectivity index (χ0v) is 6.80. The Morgan fingerprint density at radius 1 is 1.54 bits per heavy atom. The highest BCUT2D eigenvalue weighted by Gasteiger charge is 2.37. The molecule has 1 rings (SSSR count). The monoisotopic (exact) mass is 195 g/mol. The zero-order valence-electron chi connectivity index (χ0n) is 6.80. The second kappa shape index (κ2) is 3.33. The molecule has 1 atom stereocenters. The first-order chi connectivity index (χ1) is 5.89. The Balaban J connectivity index is 2.75. The molecular weight excluding hydrogens is 187 g/mol. The van der Waals surface area contributed by atoms with Gasteiger partial charge in [0, 0.05) is 12.5 Å². The molecule has 0 fully saturated rings. The minimum atomic E-state index is -4.56. The maximum atomic E-state index is 11.9. The summed E-state index contributed by atoms with van der Waals surface area (Å²) in [5.74, 6) is -1.36. The van der Waals surface area contributed by atoms with Crippen molar-refractivity contribution in [1.29, 1.82) is 0 Å². The second-order valence-corrected chi connectivity index (χ2v) is 2.69. The Morgan fingerprint density at radius 3 is 2.54 bits per heavy atom.